The minimum atomic E-state index is -0.424. The number of H-pyrrole nitrogens is 1. The van der Waals surface area contributed by atoms with Crippen LogP contribution in [-0.4, -0.2) is 39.3 Å². The molecule has 128 valence electrons. The van der Waals surface area contributed by atoms with Gasteiger partial charge in [-0.1, -0.05) is 18.2 Å². The Balaban J connectivity index is 1.72. The highest BCUT2D eigenvalue weighted by atomic mass is 16.6. The predicted molar refractivity (Wildman–Crippen MR) is 94.0 cm³/mol. The highest BCUT2D eigenvalue weighted by Crippen LogP contribution is 2.44. The molecule has 2 aliphatic rings. The number of hydrogen-bond donors (Lipinski definition) is 2. The summed E-state index contributed by atoms with van der Waals surface area (Å²) in [5.74, 6) is 0.0452. The first-order valence-corrected chi connectivity index (χ1v) is 8.49. The first-order valence-electron chi connectivity index (χ1n) is 8.49. The van der Waals surface area contributed by atoms with Gasteiger partial charge in [0.05, 0.1) is 23.9 Å². The number of rotatable bonds is 2. The molecular weight excluding hydrogens is 330 g/mol. The van der Waals surface area contributed by atoms with Crippen molar-refractivity contribution >= 4 is 22.6 Å². The van der Waals surface area contributed by atoms with Gasteiger partial charge in [-0.2, -0.15) is 10.4 Å². The molecule has 1 aromatic carbocycles. The molecule has 2 aliphatic heterocycles. The highest BCUT2D eigenvalue weighted by Gasteiger charge is 2.38. The Morgan fingerprint density at radius 2 is 2.19 bits per heavy atom. The van der Waals surface area contributed by atoms with Gasteiger partial charge < -0.3 is 5.32 Å². The van der Waals surface area contributed by atoms with Crippen molar-refractivity contribution in [3.63, 3.8) is 0 Å². The lowest BCUT2D eigenvalue weighted by molar-refractivity contribution is 0.315. The maximum absolute atomic E-state index is 10.0. The van der Waals surface area contributed by atoms with Crippen LogP contribution in [-0.2, 0) is 0 Å². The Labute approximate surface area is 148 Å². The van der Waals surface area contributed by atoms with Gasteiger partial charge in [-0.05, 0) is 40.5 Å². The monoisotopic (exact) mass is 345 g/mol. The minimum Gasteiger partial charge on any atom is -0.313 e. The van der Waals surface area contributed by atoms with Crippen molar-refractivity contribution in [1.82, 2.24) is 25.8 Å². The summed E-state index contributed by atoms with van der Waals surface area (Å²) in [5.41, 5.74) is 5.07. The standard InChI is InChI=1S/C18H15N7O/c19-8-12-15(11-2-1-3-14-17(11)25-26-24-14)13-9-21-23-18(13)22-16(12)10-4-6-20-7-5-10/h1-4,9,12,15,20H,5-7H2,(H,21,23). The average molecular weight is 345 g/mol. The molecule has 0 aliphatic carbocycles. The van der Waals surface area contributed by atoms with Crippen LogP contribution in [0, 0.1) is 17.2 Å². The molecule has 0 amide bonds. The van der Waals surface area contributed by atoms with Crippen LogP contribution in [0.15, 0.2) is 45.7 Å². The number of aliphatic imine (C=N–C) groups is 1. The van der Waals surface area contributed by atoms with Crippen LogP contribution in [0.3, 0.4) is 0 Å². The van der Waals surface area contributed by atoms with E-state index in [0.717, 1.165) is 41.9 Å². The van der Waals surface area contributed by atoms with Gasteiger partial charge in [0.2, 0.25) is 0 Å². The summed E-state index contributed by atoms with van der Waals surface area (Å²) < 4.78 is 4.92. The zero-order valence-electron chi connectivity index (χ0n) is 13.8. The first kappa shape index (κ1) is 15.0. The number of hydrogen-bond acceptors (Lipinski definition) is 7. The van der Waals surface area contributed by atoms with Crippen LogP contribution in [0.25, 0.3) is 11.0 Å². The Morgan fingerprint density at radius 3 is 3.04 bits per heavy atom. The highest BCUT2D eigenvalue weighted by molar-refractivity contribution is 6.07. The maximum atomic E-state index is 10.0. The van der Waals surface area contributed by atoms with E-state index in [1.807, 2.05) is 18.2 Å². The summed E-state index contributed by atoms with van der Waals surface area (Å²) in [5, 5.41) is 28.5. The summed E-state index contributed by atoms with van der Waals surface area (Å²) in [6, 6.07) is 8.20. The smallest absolute Gasteiger partial charge is 0.152 e. The van der Waals surface area contributed by atoms with Crippen molar-refractivity contribution in [2.45, 2.75) is 12.3 Å². The molecular formula is C18H15N7O. The SMILES string of the molecule is N#CC1C(C2=CCNCC2)=Nc2[nH]ncc2C1c1cccc2nonc12. The van der Waals surface area contributed by atoms with E-state index in [1.54, 1.807) is 6.20 Å². The molecule has 0 saturated carbocycles. The fourth-order valence-corrected chi connectivity index (χ4v) is 3.82. The molecule has 0 bridgehead atoms. The molecule has 0 spiro atoms. The topological polar surface area (TPSA) is 116 Å². The Bertz CT molecular complexity index is 1080. The van der Waals surface area contributed by atoms with Gasteiger partial charge in [0.15, 0.2) is 5.82 Å². The molecule has 5 rings (SSSR count). The second-order valence-electron chi connectivity index (χ2n) is 6.42. The number of fused-ring (bicyclic) bond motifs is 2. The third kappa shape index (κ3) is 2.18. The van der Waals surface area contributed by atoms with E-state index in [4.69, 9.17) is 9.62 Å². The number of nitrogens with zero attached hydrogens (tertiary/aromatic N) is 5. The van der Waals surface area contributed by atoms with Crippen LogP contribution in [0.5, 0.6) is 0 Å². The quantitative estimate of drug-likeness (QED) is 0.736. The van der Waals surface area contributed by atoms with Gasteiger partial charge in [-0.3, -0.25) is 5.10 Å². The minimum absolute atomic E-state index is 0.229. The first-order chi connectivity index (χ1) is 12.9. The molecule has 2 aromatic heterocycles. The molecule has 3 aromatic rings. The summed E-state index contributed by atoms with van der Waals surface area (Å²) in [6.45, 7) is 1.67. The second kappa shape index (κ2) is 5.89. The summed E-state index contributed by atoms with van der Waals surface area (Å²) in [7, 11) is 0. The lowest BCUT2D eigenvalue weighted by atomic mass is 9.75. The fraction of sp³-hybridized carbons (Fsp3) is 0.278. The molecule has 0 saturated heterocycles. The van der Waals surface area contributed by atoms with Crippen LogP contribution in [0.4, 0.5) is 5.82 Å². The summed E-state index contributed by atoms with van der Waals surface area (Å²) >= 11 is 0. The van der Waals surface area contributed by atoms with Crippen LogP contribution in [0.1, 0.15) is 23.5 Å². The van der Waals surface area contributed by atoms with Gasteiger partial charge in [-0.15, -0.1) is 0 Å². The summed E-state index contributed by atoms with van der Waals surface area (Å²) in [6.07, 6.45) is 4.71. The van der Waals surface area contributed by atoms with Gasteiger partial charge in [0.25, 0.3) is 0 Å². The third-order valence-electron chi connectivity index (χ3n) is 5.03. The van der Waals surface area contributed by atoms with Crippen molar-refractivity contribution in [1.29, 1.82) is 5.26 Å². The lowest BCUT2D eigenvalue weighted by Crippen LogP contribution is -2.31. The zero-order valence-corrected chi connectivity index (χ0v) is 13.8. The zero-order chi connectivity index (χ0) is 17.5. The van der Waals surface area contributed by atoms with Gasteiger partial charge in [0.1, 0.15) is 11.0 Å². The lowest BCUT2D eigenvalue weighted by Gasteiger charge is -2.29. The number of nitrogens with one attached hydrogen (secondary N) is 2. The fourth-order valence-electron chi connectivity index (χ4n) is 3.82. The summed E-state index contributed by atoms with van der Waals surface area (Å²) in [4.78, 5) is 4.75. The van der Waals surface area contributed by atoms with E-state index >= 15 is 0 Å². The van der Waals surface area contributed by atoms with Gasteiger partial charge in [0, 0.05) is 18.0 Å². The number of benzene rings is 1. The number of aromatic nitrogens is 4. The van der Waals surface area contributed by atoms with Crippen LogP contribution < -0.4 is 5.32 Å². The maximum Gasteiger partial charge on any atom is 0.152 e. The molecule has 4 heterocycles. The van der Waals surface area contributed by atoms with Gasteiger partial charge >= 0.3 is 0 Å². The van der Waals surface area contributed by atoms with E-state index in [-0.39, 0.29) is 5.92 Å². The van der Waals surface area contributed by atoms with Crippen molar-refractivity contribution in [3.05, 3.63) is 47.2 Å². The third-order valence-corrected chi connectivity index (χ3v) is 5.03. The van der Waals surface area contributed by atoms with Crippen LogP contribution >= 0.6 is 0 Å². The molecule has 0 radical (unpaired) electrons. The molecule has 8 nitrogen and oxygen atoms in total. The molecule has 26 heavy (non-hydrogen) atoms. The number of aromatic amines is 1. The molecule has 2 N–H and O–H groups in total. The Hall–Kier alpha value is -3.31. The average Bonchev–Trinajstić information content (AvgIpc) is 3.36. The largest absolute Gasteiger partial charge is 0.313 e. The van der Waals surface area contributed by atoms with Crippen LogP contribution in [0.2, 0.25) is 0 Å². The van der Waals surface area contributed by atoms with Crippen molar-refractivity contribution in [3.8, 4) is 6.07 Å². The normalized spacial score (nSPS) is 22.4. The number of nitriles is 1. The van der Waals surface area contributed by atoms with Crippen molar-refractivity contribution in [2.75, 3.05) is 13.1 Å². The van der Waals surface area contributed by atoms with Crippen molar-refractivity contribution < 1.29 is 4.63 Å². The van der Waals surface area contributed by atoms with E-state index in [0.29, 0.717) is 16.9 Å². The Kier molecular flexibility index (Phi) is 3.40. The second-order valence-corrected chi connectivity index (χ2v) is 6.42. The Morgan fingerprint density at radius 1 is 1.23 bits per heavy atom. The van der Waals surface area contributed by atoms with E-state index in [9.17, 15) is 5.26 Å². The predicted octanol–water partition coefficient (Wildman–Crippen LogP) is 2.22. The molecule has 8 heteroatoms. The molecule has 0 fully saturated rings. The van der Waals surface area contributed by atoms with Crippen molar-refractivity contribution in [2.24, 2.45) is 10.9 Å². The molecule has 2 atom stereocenters. The van der Waals surface area contributed by atoms with E-state index in [1.165, 1.54) is 0 Å². The van der Waals surface area contributed by atoms with E-state index < -0.39 is 5.92 Å². The van der Waals surface area contributed by atoms with E-state index in [2.05, 4.69) is 38.0 Å². The van der Waals surface area contributed by atoms with Gasteiger partial charge in [-0.25, -0.2) is 9.62 Å². The molecule has 2 unspecified atom stereocenters.